The molecule has 0 amide bonds. The lowest BCUT2D eigenvalue weighted by molar-refractivity contribution is 1.02. The van der Waals surface area contributed by atoms with Gasteiger partial charge in [-0.2, -0.15) is 0 Å². The van der Waals surface area contributed by atoms with E-state index in [1.807, 2.05) is 0 Å². The Morgan fingerprint density at radius 2 is 0.721 bits per heavy atom. The van der Waals surface area contributed by atoms with Crippen molar-refractivity contribution in [2.24, 2.45) is 0 Å². The maximum atomic E-state index is 2.38. The molecule has 1 aliphatic rings. The summed E-state index contributed by atoms with van der Waals surface area (Å²) in [4.78, 5) is 0. The van der Waals surface area contributed by atoms with E-state index in [0.29, 0.717) is 0 Å². The summed E-state index contributed by atoms with van der Waals surface area (Å²) in [6.07, 6.45) is 0. The Morgan fingerprint density at radius 3 is 1.33 bits per heavy atom. The molecule has 0 spiro atoms. The second-order valence-corrected chi connectivity index (χ2v) is 11.7. The third kappa shape index (κ3) is 3.77. The molecule has 8 aromatic carbocycles. The topological polar surface area (TPSA) is 0 Å². The molecule has 0 heterocycles. The summed E-state index contributed by atoms with van der Waals surface area (Å²) in [5.41, 5.74) is 11.8. The average molecular weight is 545 g/mol. The summed E-state index contributed by atoms with van der Waals surface area (Å²) in [5.74, 6) is 0.274. The van der Waals surface area contributed by atoms with Crippen molar-refractivity contribution in [1.82, 2.24) is 0 Å². The Kier molecular flexibility index (Phi) is 5.36. The molecular formula is C43H28. The molecule has 0 aromatic heterocycles. The minimum atomic E-state index is 0.274. The third-order valence-corrected chi connectivity index (χ3v) is 9.35. The third-order valence-electron chi connectivity index (χ3n) is 9.35. The summed E-state index contributed by atoms with van der Waals surface area (Å²) >= 11 is 0. The summed E-state index contributed by atoms with van der Waals surface area (Å²) in [7, 11) is 0. The monoisotopic (exact) mass is 544 g/mol. The molecule has 200 valence electrons. The van der Waals surface area contributed by atoms with Crippen LogP contribution in [0, 0.1) is 0 Å². The maximum Gasteiger partial charge on any atom is 0.0352 e. The van der Waals surface area contributed by atoms with Gasteiger partial charge in [0.25, 0.3) is 0 Å². The van der Waals surface area contributed by atoms with Crippen LogP contribution in [-0.2, 0) is 0 Å². The molecule has 0 aliphatic heterocycles. The van der Waals surface area contributed by atoms with E-state index >= 15 is 0 Å². The fourth-order valence-corrected chi connectivity index (χ4v) is 7.35. The van der Waals surface area contributed by atoms with E-state index in [0.717, 1.165) is 0 Å². The molecular weight excluding hydrogens is 516 g/mol. The summed E-state index contributed by atoms with van der Waals surface area (Å²) in [5, 5.41) is 7.85. The molecule has 1 aliphatic carbocycles. The van der Waals surface area contributed by atoms with Gasteiger partial charge in [-0.15, -0.1) is 0 Å². The van der Waals surface area contributed by atoms with Crippen molar-refractivity contribution in [2.45, 2.75) is 5.92 Å². The Labute approximate surface area is 251 Å². The van der Waals surface area contributed by atoms with E-state index < -0.39 is 0 Å². The van der Waals surface area contributed by atoms with Gasteiger partial charge in [0.1, 0.15) is 0 Å². The van der Waals surface area contributed by atoms with Gasteiger partial charge in [-0.25, -0.2) is 0 Å². The van der Waals surface area contributed by atoms with Gasteiger partial charge in [-0.3, -0.25) is 0 Å². The standard InChI is InChI=1S/C43H28/c1-2-14-35-33(12-1)34-13-3-4-17-38(34)42-27-32(24-25-39(35)42)31-11-9-10-30(26-31)28-20-22-29(23-21-28)43-40-18-7-5-15-36(40)37-16-6-8-19-41(37)43/h1-27,43H. The molecule has 9 rings (SSSR count). The van der Waals surface area contributed by atoms with E-state index in [2.05, 4.69) is 164 Å². The predicted octanol–water partition coefficient (Wildman–Crippen LogP) is 11.6. The first-order valence-corrected chi connectivity index (χ1v) is 15.1. The Bertz CT molecular complexity index is 2260. The molecule has 0 heteroatoms. The number of rotatable bonds is 3. The molecule has 43 heavy (non-hydrogen) atoms. The Hall–Kier alpha value is -5.46. The second-order valence-electron chi connectivity index (χ2n) is 11.7. The highest BCUT2D eigenvalue weighted by Gasteiger charge is 2.29. The van der Waals surface area contributed by atoms with Crippen LogP contribution in [0.4, 0.5) is 0 Å². The zero-order chi connectivity index (χ0) is 28.3. The van der Waals surface area contributed by atoms with E-state index in [-0.39, 0.29) is 5.92 Å². The second kappa shape index (κ2) is 9.54. The Morgan fingerprint density at radius 1 is 0.279 bits per heavy atom. The van der Waals surface area contributed by atoms with E-state index in [4.69, 9.17) is 0 Å². The van der Waals surface area contributed by atoms with Crippen molar-refractivity contribution >= 4 is 32.3 Å². The van der Waals surface area contributed by atoms with E-state index in [1.165, 1.54) is 82.4 Å². The van der Waals surface area contributed by atoms with Gasteiger partial charge in [-0.05, 0) is 94.5 Å². The fourth-order valence-electron chi connectivity index (χ4n) is 7.35. The van der Waals surface area contributed by atoms with Crippen molar-refractivity contribution in [3.8, 4) is 33.4 Å². The fraction of sp³-hybridized carbons (Fsp3) is 0.0233. The first-order valence-electron chi connectivity index (χ1n) is 15.1. The molecule has 0 bridgehead atoms. The zero-order valence-electron chi connectivity index (χ0n) is 23.7. The predicted molar refractivity (Wildman–Crippen MR) is 183 cm³/mol. The average Bonchev–Trinajstić information content (AvgIpc) is 3.43. The van der Waals surface area contributed by atoms with Crippen LogP contribution in [0.25, 0.3) is 65.7 Å². The zero-order valence-corrected chi connectivity index (χ0v) is 23.7. The van der Waals surface area contributed by atoms with Crippen molar-refractivity contribution in [3.63, 3.8) is 0 Å². The van der Waals surface area contributed by atoms with Crippen LogP contribution in [0.3, 0.4) is 0 Å². The molecule has 0 fully saturated rings. The largest absolute Gasteiger partial charge is 0.0619 e. The highest BCUT2D eigenvalue weighted by atomic mass is 14.3. The molecule has 0 radical (unpaired) electrons. The number of hydrogen-bond acceptors (Lipinski definition) is 0. The molecule has 0 atom stereocenters. The molecule has 8 aromatic rings. The molecule has 0 nitrogen and oxygen atoms in total. The summed E-state index contributed by atoms with van der Waals surface area (Å²) < 4.78 is 0. The van der Waals surface area contributed by atoms with Crippen LogP contribution in [-0.4, -0.2) is 0 Å². The Balaban J connectivity index is 1.11. The SMILES string of the molecule is c1cc(-c2ccc(C3c4ccccc4-c4ccccc43)cc2)cc(-c2ccc3c4ccccc4c4ccccc4c3c2)c1. The summed E-state index contributed by atoms with van der Waals surface area (Å²) in [6.45, 7) is 0. The normalized spacial score (nSPS) is 12.6. The van der Waals surface area contributed by atoms with Crippen molar-refractivity contribution in [2.75, 3.05) is 0 Å². The van der Waals surface area contributed by atoms with Crippen LogP contribution >= 0.6 is 0 Å². The lowest BCUT2D eigenvalue weighted by Crippen LogP contribution is -1.98. The van der Waals surface area contributed by atoms with Crippen LogP contribution < -0.4 is 0 Å². The van der Waals surface area contributed by atoms with Crippen molar-refractivity contribution in [1.29, 1.82) is 0 Å². The van der Waals surface area contributed by atoms with E-state index in [1.54, 1.807) is 0 Å². The smallest absolute Gasteiger partial charge is 0.0352 e. The van der Waals surface area contributed by atoms with E-state index in [9.17, 15) is 0 Å². The molecule has 0 saturated heterocycles. The van der Waals surface area contributed by atoms with Crippen LogP contribution in [0.2, 0.25) is 0 Å². The number of hydrogen-bond donors (Lipinski definition) is 0. The van der Waals surface area contributed by atoms with Crippen molar-refractivity contribution < 1.29 is 0 Å². The lowest BCUT2D eigenvalue weighted by Gasteiger charge is -2.15. The highest BCUT2D eigenvalue weighted by molar-refractivity contribution is 6.25. The molecule has 0 unspecified atom stereocenters. The van der Waals surface area contributed by atoms with Gasteiger partial charge in [-0.1, -0.05) is 152 Å². The minimum Gasteiger partial charge on any atom is -0.0619 e. The van der Waals surface area contributed by atoms with Gasteiger partial charge in [0.15, 0.2) is 0 Å². The van der Waals surface area contributed by atoms with Gasteiger partial charge >= 0.3 is 0 Å². The first kappa shape index (κ1) is 24.2. The lowest BCUT2D eigenvalue weighted by atomic mass is 9.88. The number of benzene rings is 8. The summed E-state index contributed by atoms with van der Waals surface area (Å²) in [6, 6.07) is 60.4. The minimum absolute atomic E-state index is 0.274. The van der Waals surface area contributed by atoms with Gasteiger partial charge in [0, 0.05) is 5.92 Å². The number of fused-ring (bicyclic) bond motifs is 9. The van der Waals surface area contributed by atoms with Crippen LogP contribution in [0.1, 0.15) is 22.6 Å². The first-order chi connectivity index (χ1) is 21.3. The highest BCUT2D eigenvalue weighted by Crippen LogP contribution is 2.48. The van der Waals surface area contributed by atoms with Gasteiger partial charge < -0.3 is 0 Å². The maximum absolute atomic E-state index is 2.38. The van der Waals surface area contributed by atoms with Crippen molar-refractivity contribution in [3.05, 3.63) is 180 Å². The van der Waals surface area contributed by atoms with Crippen LogP contribution in [0.15, 0.2) is 164 Å². The van der Waals surface area contributed by atoms with Crippen LogP contribution in [0.5, 0.6) is 0 Å². The quantitative estimate of drug-likeness (QED) is 0.194. The van der Waals surface area contributed by atoms with Gasteiger partial charge in [0.2, 0.25) is 0 Å². The molecule has 0 N–H and O–H groups in total. The van der Waals surface area contributed by atoms with Gasteiger partial charge in [0.05, 0.1) is 0 Å². The molecule has 0 saturated carbocycles.